The highest BCUT2D eigenvalue weighted by Crippen LogP contribution is 2.25. The molecular formula is C15H15ClN2O4S. The largest absolute Gasteiger partial charge is 0.484 e. The minimum absolute atomic E-state index is 0.137. The van der Waals surface area contributed by atoms with Gasteiger partial charge in [-0.3, -0.25) is 9.10 Å². The number of sulfonamides is 1. The predicted molar refractivity (Wildman–Crippen MR) is 88.2 cm³/mol. The Morgan fingerprint density at radius 2 is 1.70 bits per heavy atom. The first kappa shape index (κ1) is 17.1. The SMILES string of the molecule is CN(c1ccc(OCC(N)=O)cc1)S(=O)(=O)c1ccc(Cl)cc1. The van der Waals surface area contributed by atoms with Crippen molar-refractivity contribution in [3.05, 3.63) is 53.6 Å². The van der Waals surface area contributed by atoms with E-state index in [9.17, 15) is 13.2 Å². The Morgan fingerprint density at radius 3 is 2.22 bits per heavy atom. The molecule has 1 amide bonds. The van der Waals surface area contributed by atoms with Gasteiger partial charge in [-0.2, -0.15) is 0 Å². The van der Waals surface area contributed by atoms with E-state index in [2.05, 4.69) is 0 Å². The van der Waals surface area contributed by atoms with Crippen molar-refractivity contribution in [3.8, 4) is 5.75 Å². The topological polar surface area (TPSA) is 89.7 Å². The van der Waals surface area contributed by atoms with Crippen LogP contribution < -0.4 is 14.8 Å². The second kappa shape index (κ2) is 6.89. The molecule has 0 aromatic heterocycles. The van der Waals surface area contributed by atoms with Gasteiger partial charge in [0.1, 0.15) is 5.75 Å². The van der Waals surface area contributed by atoms with Crippen molar-refractivity contribution in [2.75, 3.05) is 18.0 Å². The number of rotatable bonds is 6. The van der Waals surface area contributed by atoms with E-state index < -0.39 is 15.9 Å². The summed E-state index contributed by atoms with van der Waals surface area (Å²) in [5.41, 5.74) is 5.44. The number of primary amides is 1. The van der Waals surface area contributed by atoms with Gasteiger partial charge >= 0.3 is 0 Å². The molecule has 0 heterocycles. The normalized spacial score (nSPS) is 11.0. The van der Waals surface area contributed by atoms with Crippen molar-refractivity contribution in [2.24, 2.45) is 5.73 Å². The lowest BCUT2D eigenvalue weighted by molar-refractivity contribution is -0.119. The molecule has 6 nitrogen and oxygen atoms in total. The number of nitrogens with two attached hydrogens (primary N) is 1. The highest BCUT2D eigenvalue weighted by molar-refractivity contribution is 7.92. The highest BCUT2D eigenvalue weighted by Gasteiger charge is 2.21. The maximum absolute atomic E-state index is 12.5. The van der Waals surface area contributed by atoms with E-state index in [1.165, 1.54) is 31.3 Å². The summed E-state index contributed by atoms with van der Waals surface area (Å²) in [6, 6.07) is 12.2. The Kier molecular flexibility index (Phi) is 5.12. The standard InChI is InChI=1S/C15H15ClN2O4S/c1-18(23(20,21)14-8-2-11(16)3-9-14)12-4-6-13(7-5-12)22-10-15(17)19/h2-9H,10H2,1H3,(H2,17,19). The summed E-state index contributed by atoms with van der Waals surface area (Å²) in [6.45, 7) is -0.238. The predicted octanol–water partition coefficient (Wildman–Crippen LogP) is 2.03. The van der Waals surface area contributed by atoms with Gasteiger partial charge in [-0.15, -0.1) is 0 Å². The van der Waals surface area contributed by atoms with Crippen LogP contribution in [0.4, 0.5) is 5.69 Å². The summed E-state index contributed by atoms with van der Waals surface area (Å²) in [4.78, 5) is 10.8. The average molecular weight is 355 g/mol. The monoisotopic (exact) mass is 354 g/mol. The third-order valence-electron chi connectivity index (χ3n) is 3.05. The molecule has 2 N–H and O–H groups in total. The first-order chi connectivity index (χ1) is 10.8. The van der Waals surface area contributed by atoms with Crippen LogP contribution in [0.2, 0.25) is 5.02 Å². The molecule has 122 valence electrons. The number of nitrogens with zero attached hydrogens (tertiary/aromatic N) is 1. The maximum Gasteiger partial charge on any atom is 0.264 e. The Morgan fingerprint density at radius 1 is 1.13 bits per heavy atom. The number of hydrogen-bond acceptors (Lipinski definition) is 4. The van der Waals surface area contributed by atoms with Gasteiger partial charge in [0.25, 0.3) is 15.9 Å². The molecule has 0 radical (unpaired) electrons. The Bertz CT molecular complexity index is 789. The number of anilines is 1. The van der Waals surface area contributed by atoms with Gasteiger partial charge in [0, 0.05) is 12.1 Å². The highest BCUT2D eigenvalue weighted by atomic mass is 35.5. The molecule has 8 heteroatoms. The summed E-state index contributed by atoms with van der Waals surface area (Å²) >= 11 is 5.77. The van der Waals surface area contributed by atoms with Crippen LogP contribution in [-0.2, 0) is 14.8 Å². The molecule has 2 aromatic carbocycles. The van der Waals surface area contributed by atoms with Crippen LogP contribution in [0, 0.1) is 0 Å². The second-order valence-corrected chi connectivity index (χ2v) is 7.08. The first-order valence-corrected chi connectivity index (χ1v) is 8.38. The second-order valence-electron chi connectivity index (χ2n) is 4.68. The molecule has 23 heavy (non-hydrogen) atoms. The first-order valence-electron chi connectivity index (χ1n) is 6.56. The summed E-state index contributed by atoms with van der Waals surface area (Å²) in [5.74, 6) is -0.165. The smallest absolute Gasteiger partial charge is 0.264 e. The molecule has 0 atom stereocenters. The number of carbonyl (C=O) groups is 1. The summed E-state index contributed by atoms with van der Waals surface area (Å²) in [5, 5.41) is 0.461. The average Bonchev–Trinajstić information content (AvgIpc) is 2.53. The lowest BCUT2D eigenvalue weighted by Gasteiger charge is -2.19. The molecule has 0 aliphatic rings. The molecule has 0 aliphatic carbocycles. The zero-order chi connectivity index (χ0) is 17.0. The van der Waals surface area contributed by atoms with Crippen molar-refractivity contribution in [2.45, 2.75) is 4.90 Å². The molecule has 2 aromatic rings. The van der Waals surface area contributed by atoms with E-state index in [0.29, 0.717) is 16.5 Å². The van der Waals surface area contributed by atoms with Crippen LogP contribution in [0.1, 0.15) is 0 Å². The third-order valence-corrected chi connectivity index (χ3v) is 5.11. The van der Waals surface area contributed by atoms with Crippen LogP contribution in [0.5, 0.6) is 5.75 Å². The van der Waals surface area contributed by atoms with Crippen LogP contribution in [0.15, 0.2) is 53.4 Å². The fraction of sp³-hybridized carbons (Fsp3) is 0.133. The van der Waals surface area contributed by atoms with E-state index in [1.807, 2.05) is 0 Å². The summed E-state index contributed by atoms with van der Waals surface area (Å²) in [6.07, 6.45) is 0. The lowest BCUT2D eigenvalue weighted by atomic mass is 10.3. The molecular weight excluding hydrogens is 340 g/mol. The van der Waals surface area contributed by atoms with E-state index in [4.69, 9.17) is 22.1 Å². The molecule has 0 fully saturated rings. The van der Waals surface area contributed by atoms with E-state index in [0.717, 1.165) is 4.31 Å². The molecule has 0 saturated carbocycles. The quantitative estimate of drug-likeness (QED) is 0.859. The third kappa shape index (κ3) is 4.14. The van der Waals surface area contributed by atoms with Crippen molar-refractivity contribution in [1.82, 2.24) is 0 Å². The zero-order valence-corrected chi connectivity index (χ0v) is 13.8. The molecule has 2 rings (SSSR count). The van der Waals surface area contributed by atoms with Crippen molar-refractivity contribution in [1.29, 1.82) is 0 Å². The van der Waals surface area contributed by atoms with E-state index in [-0.39, 0.29) is 11.5 Å². The Hall–Kier alpha value is -2.25. The van der Waals surface area contributed by atoms with Gasteiger partial charge in [-0.05, 0) is 48.5 Å². The van der Waals surface area contributed by atoms with E-state index in [1.54, 1.807) is 24.3 Å². The number of benzene rings is 2. The lowest BCUT2D eigenvalue weighted by Crippen LogP contribution is -2.26. The van der Waals surface area contributed by atoms with Gasteiger partial charge in [0.15, 0.2) is 6.61 Å². The molecule has 0 unspecified atom stereocenters. The summed E-state index contributed by atoms with van der Waals surface area (Å²) in [7, 11) is -2.24. The molecule has 0 aliphatic heterocycles. The van der Waals surface area contributed by atoms with Crippen LogP contribution >= 0.6 is 11.6 Å². The zero-order valence-electron chi connectivity index (χ0n) is 12.3. The molecule has 0 bridgehead atoms. The van der Waals surface area contributed by atoms with Gasteiger partial charge in [-0.1, -0.05) is 11.6 Å². The number of halogens is 1. The molecule has 0 saturated heterocycles. The van der Waals surface area contributed by atoms with Gasteiger partial charge in [0.05, 0.1) is 10.6 Å². The van der Waals surface area contributed by atoms with E-state index >= 15 is 0 Å². The molecule has 0 spiro atoms. The van der Waals surface area contributed by atoms with Crippen LogP contribution in [-0.4, -0.2) is 28.0 Å². The number of amides is 1. The van der Waals surface area contributed by atoms with Gasteiger partial charge in [-0.25, -0.2) is 8.42 Å². The maximum atomic E-state index is 12.5. The van der Waals surface area contributed by atoms with Gasteiger partial charge in [0.2, 0.25) is 0 Å². The fourth-order valence-corrected chi connectivity index (χ4v) is 3.13. The minimum Gasteiger partial charge on any atom is -0.484 e. The number of hydrogen-bond donors (Lipinski definition) is 1. The van der Waals surface area contributed by atoms with Crippen molar-refractivity contribution in [3.63, 3.8) is 0 Å². The minimum atomic E-state index is -3.69. The number of carbonyl (C=O) groups excluding carboxylic acids is 1. The van der Waals surface area contributed by atoms with Crippen LogP contribution in [0.25, 0.3) is 0 Å². The number of ether oxygens (including phenoxy) is 1. The fourth-order valence-electron chi connectivity index (χ4n) is 1.81. The Labute approximate surface area is 139 Å². The van der Waals surface area contributed by atoms with Crippen molar-refractivity contribution < 1.29 is 17.9 Å². The van der Waals surface area contributed by atoms with Gasteiger partial charge < -0.3 is 10.5 Å². The van der Waals surface area contributed by atoms with Crippen LogP contribution in [0.3, 0.4) is 0 Å². The summed E-state index contributed by atoms with van der Waals surface area (Å²) < 4.78 is 31.3. The Balaban J connectivity index is 2.20. The van der Waals surface area contributed by atoms with Crippen molar-refractivity contribution >= 4 is 33.2 Å².